The highest BCUT2D eigenvalue weighted by atomic mass is 32.2. The minimum absolute atomic E-state index is 0.00614. The fourth-order valence-electron chi connectivity index (χ4n) is 2.69. The number of sulfonamides is 1. The maximum atomic E-state index is 12.8. The van der Waals surface area contributed by atoms with E-state index in [2.05, 4.69) is 10.00 Å². The van der Waals surface area contributed by atoms with Crippen LogP contribution in [-0.4, -0.2) is 71.8 Å². The Hall–Kier alpha value is -1.16. The molecule has 0 saturated carbocycles. The monoisotopic (exact) mass is 317 g/mol. The highest BCUT2D eigenvalue weighted by molar-refractivity contribution is 7.89. The van der Waals surface area contributed by atoms with E-state index in [1.807, 2.05) is 7.05 Å². The second-order valence-electron chi connectivity index (χ2n) is 5.43. The molecule has 0 aliphatic carbocycles. The van der Waals surface area contributed by atoms with Crippen LogP contribution in [0.15, 0.2) is 11.1 Å². The van der Waals surface area contributed by atoms with Crippen LogP contribution in [0.5, 0.6) is 0 Å². The fourth-order valence-corrected chi connectivity index (χ4v) is 4.46. The average molecular weight is 317 g/mol. The molecule has 1 aliphatic heterocycles. The summed E-state index contributed by atoms with van der Waals surface area (Å²) in [5.74, 6) is -0.00614. The topological polar surface area (TPSA) is 105 Å². The number of anilines is 1. The third-order valence-corrected chi connectivity index (χ3v) is 5.79. The SMILES string of the molecule is CN1CCC(N(CCO)S(=O)(=O)c2cn(C)nc2N)CC1. The first-order chi connectivity index (χ1) is 9.86. The summed E-state index contributed by atoms with van der Waals surface area (Å²) in [6, 6.07) is -0.113. The van der Waals surface area contributed by atoms with Gasteiger partial charge in [0, 0.05) is 25.8 Å². The van der Waals surface area contributed by atoms with Crippen LogP contribution in [0.3, 0.4) is 0 Å². The van der Waals surface area contributed by atoms with Gasteiger partial charge >= 0.3 is 0 Å². The van der Waals surface area contributed by atoms with E-state index >= 15 is 0 Å². The van der Waals surface area contributed by atoms with Crippen LogP contribution in [0.25, 0.3) is 0 Å². The summed E-state index contributed by atoms with van der Waals surface area (Å²) in [6.07, 6.45) is 2.90. The second kappa shape index (κ2) is 6.30. The predicted octanol–water partition coefficient (Wildman–Crippen LogP) is -0.920. The number of hydrogen-bond acceptors (Lipinski definition) is 6. The van der Waals surface area contributed by atoms with Gasteiger partial charge in [-0.1, -0.05) is 0 Å². The molecule has 1 aliphatic rings. The van der Waals surface area contributed by atoms with Gasteiger partial charge in [0.25, 0.3) is 0 Å². The number of aliphatic hydroxyl groups excluding tert-OH is 1. The van der Waals surface area contributed by atoms with Crippen LogP contribution < -0.4 is 5.73 Å². The lowest BCUT2D eigenvalue weighted by atomic mass is 10.1. The van der Waals surface area contributed by atoms with E-state index in [4.69, 9.17) is 5.73 Å². The zero-order valence-electron chi connectivity index (χ0n) is 12.4. The third kappa shape index (κ3) is 3.37. The van der Waals surface area contributed by atoms with Gasteiger partial charge in [0.05, 0.1) is 6.61 Å². The van der Waals surface area contributed by atoms with E-state index in [-0.39, 0.29) is 29.9 Å². The maximum Gasteiger partial charge on any atom is 0.248 e. The molecule has 1 aromatic rings. The Morgan fingerprint density at radius 2 is 2.05 bits per heavy atom. The minimum Gasteiger partial charge on any atom is -0.395 e. The van der Waals surface area contributed by atoms with Gasteiger partial charge in [0.15, 0.2) is 5.82 Å². The number of aliphatic hydroxyl groups is 1. The predicted molar refractivity (Wildman–Crippen MR) is 79.1 cm³/mol. The van der Waals surface area contributed by atoms with Crippen LogP contribution in [0, 0.1) is 0 Å². The zero-order valence-corrected chi connectivity index (χ0v) is 13.3. The van der Waals surface area contributed by atoms with Crippen molar-refractivity contribution in [2.45, 2.75) is 23.8 Å². The Bertz CT molecular complexity index is 578. The summed E-state index contributed by atoms with van der Waals surface area (Å²) in [7, 11) is -0.103. The normalized spacial score (nSPS) is 18.5. The Morgan fingerprint density at radius 3 is 2.52 bits per heavy atom. The third-order valence-electron chi connectivity index (χ3n) is 3.82. The first kappa shape index (κ1) is 16.2. The van der Waals surface area contributed by atoms with Crippen molar-refractivity contribution in [1.82, 2.24) is 19.0 Å². The van der Waals surface area contributed by atoms with Gasteiger partial charge in [-0.25, -0.2) is 8.42 Å². The lowest BCUT2D eigenvalue weighted by Crippen LogP contribution is -2.47. The number of aromatic nitrogens is 2. The highest BCUT2D eigenvalue weighted by Crippen LogP contribution is 2.26. The summed E-state index contributed by atoms with van der Waals surface area (Å²) < 4.78 is 28.4. The molecule has 0 radical (unpaired) electrons. The molecule has 0 bridgehead atoms. The molecule has 0 unspecified atom stereocenters. The Balaban J connectivity index is 2.30. The van der Waals surface area contributed by atoms with Crippen LogP contribution in [-0.2, 0) is 17.1 Å². The van der Waals surface area contributed by atoms with E-state index in [0.717, 1.165) is 25.9 Å². The molecule has 0 atom stereocenters. The van der Waals surface area contributed by atoms with E-state index in [1.165, 1.54) is 15.2 Å². The van der Waals surface area contributed by atoms with Gasteiger partial charge in [-0.3, -0.25) is 4.68 Å². The number of nitrogens with two attached hydrogens (primary N) is 1. The van der Waals surface area contributed by atoms with Gasteiger partial charge in [0.2, 0.25) is 10.0 Å². The van der Waals surface area contributed by atoms with Crippen molar-refractivity contribution in [2.75, 3.05) is 39.0 Å². The van der Waals surface area contributed by atoms with Crippen LogP contribution in [0.2, 0.25) is 0 Å². The lowest BCUT2D eigenvalue weighted by molar-refractivity contribution is 0.161. The van der Waals surface area contributed by atoms with E-state index in [0.29, 0.717) is 0 Å². The summed E-state index contributed by atoms with van der Waals surface area (Å²) in [5.41, 5.74) is 5.70. The maximum absolute atomic E-state index is 12.8. The molecule has 2 heterocycles. The fraction of sp³-hybridized carbons (Fsp3) is 0.750. The van der Waals surface area contributed by atoms with Crippen molar-refractivity contribution < 1.29 is 13.5 Å². The summed E-state index contributed by atoms with van der Waals surface area (Å²) in [4.78, 5) is 2.18. The standard InChI is InChI=1S/C12H23N5O3S/c1-15-5-3-10(4-6-15)17(7-8-18)21(19,20)11-9-16(2)14-12(11)13/h9-10,18H,3-8H2,1-2H3,(H2,13,14). The van der Waals surface area contributed by atoms with Gasteiger partial charge in [-0.2, -0.15) is 9.40 Å². The lowest BCUT2D eigenvalue weighted by Gasteiger charge is -2.36. The largest absolute Gasteiger partial charge is 0.395 e. The number of rotatable bonds is 5. The summed E-state index contributed by atoms with van der Waals surface area (Å²) in [6.45, 7) is 1.53. The highest BCUT2D eigenvalue weighted by Gasteiger charge is 2.35. The number of hydrogen-bond donors (Lipinski definition) is 2. The molecule has 21 heavy (non-hydrogen) atoms. The van der Waals surface area contributed by atoms with E-state index < -0.39 is 10.0 Å². The summed E-state index contributed by atoms with van der Waals surface area (Å²) in [5, 5.41) is 13.1. The molecule has 1 saturated heterocycles. The van der Waals surface area contributed by atoms with Crippen molar-refractivity contribution in [2.24, 2.45) is 7.05 Å². The number of aryl methyl sites for hydroxylation is 1. The molecule has 0 amide bonds. The molecular formula is C12H23N5O3S. The van der Waals surface area contributed by atoms with E-state index in [1.54, 1.807) is 7.05 Å². The molecule has 1 aromatic heterocycles. The number of piperidine rings is 1. The minimum atomic E-state index is -3.74. The van der Waals surface area contributed by atoms with Crippen LogP contribution in [0.4, 0.5) is 5.82 Å². The van der Waals surface area contributed by atoms with Crippen molar-refractivity contribution in [3.8, 4) is 0 Å². The van der Waals surface area contributed by atoms with Gasteiger partial charge < -0.3 is 15.7 Å². The average Bonchev–Trinajstić information content (AvgIpc) is 2.77. The van der Waals surface area contributed by atoms with Gasteiger partial charge in [-0.15, -0.1) is 0 Å². The molecule has 0 aromatic carbocycles. The Morgan fingerprint density at radius 1 is 1.43 bits per heavy atom. The first-order valence-electron chi connectivity index (χ1n) is 6.96. The van der Waals surface area contributed by atoms with Gasteiger partial charge in [0.1, 0.15) is 4.90 Å². The van der Waals surface area contributed by atoms with Crippen LogP contribution >= 0.6 is 0 Å². The molecule has 1 fully saturated rings. The molecular weight excluding hydrogens is 294 g/mol. The Kier molecular flexibility index (Phi) is 4.87. The molecule has 9 heteroatoms. The van der Waals surface area contributed by atoms with Crippen molar-refractivity contribution >= 4 is 15.8 Å². The van der Waals surface area contributed by atoms with Gasteiger partial charge in [-0.05, 0) is 33.0 Å². The van der Waals surface area contributed by atoms with Crippen molar-refractivity contribution in [3.63, 3.8) is 0 Å². The smallest absolute Gasteiger partial charge is 0.248 e. The molecule has 2 rings (SSSR count). The zero-order chi connectivity index (χ0) is 15.6. The quantitative estimate of drug-likeness (QED) is 0.728. The molecule has 8 nitrogen and oxygen atoms in total. The number of nitrogen functional groups attached to an aromatic ring is 1. The number of likely N-dealkylation sites (tertiary alicyclic amines) is 1. The molecule has 3 N–H and O–H groups in total. The second-order valence-corrected chi connectivity index (χ2v) is 7.29. The number of nitrogens with zero attached hydrogens (tertiary/aromatic N) is 4. The Labute approximate surface area is 125 Å². The van der Waals surface area contributed by atoms with E-state index in [9.17, 15) is 13.5 Å². The first-order valence-corrected chi connectivity index (χ1v) is 8.40. The molecule has 0 spiro atoms. The summed E-state index contributed by atoms with van der Waals surface area (Å²) >= 11 is 0. The van der Waals surface area contributed by atoms with Crippen molar-refractivity contribution in [1.29, 1.82) is 0 Å². The van der Waals surface area contributed by atoms with Crippen LogP contribution in [0.1, 0.15) is 12.8 Å². The molecule has 120 valence electrons. The van der Waals surface area contributed by atoms with Crippen molar-refractivity contribution in [3.05, 3.63) is 6.20 Å².